The topological polar surface area (TPSA) is 116 Å². The Bertz CT molecular complexity index is 1110. The van der Waals surface area contributed by atoms with Crippen LogP contribution in [0.5, 0.6) is 0 Å². The molecule has 0 saturated carbocycles. The van der Waals surface area contributed by atoms with E-state index in [-0.39, 0.29) is 25.3 Å². The Labute approximate surface area is 226 Å². The number of thiazole rings is 1. The largest absolute Gasteiger partial charge is 0.444 e. The molecule has 2 aromatic carbocycles. The van der Waals surface area contributed by atoms with Gasteiger partial charge in [-0.3, -0.25) is 4.98 Å². The number of rotatable bonds is 13. The molecule has 37 heavy (non-hydrogen) atoms. The Hall–Kier alpha value is -3.50. The quantitative estimate of drug-likeness (QED) is 0.231. The number of ether oxygens (including phenoxy) is 2. The Morgan fingerprint density at radius 2 is 1.46 bits per heavy atom. The molecule has 0 bridgehead atoms. The van der Waals surface area contributed by atoms with Crippen molar-refractivity contribution in [1.82, 2.24) is 15.6 Å². The van der Waals surface area contributed by atoms with E-state index in [4.69, 9.17) is 15.2 Å². The van der Waals surface area contributed by atoms with E-state index < -0.39 is 12.2 Å². The second kappa shape index (κ2) is 15.6. The van der Waals surface area contributed by atoms with Crippen molar-refractivity contribution in [3.8, 4) is 0 Å². The van der Waals surface area contributed by atoms with E-state index in [9.17, 15) is 9.59 Å². The number of alkyl carbamates (subject to hydrolysis) is 2. The van der Waals surface area contributed by atoms with Crippen LogP contribution in [0.15, 0.2) is 83.5 Å². The van der Waals surface area contributed by atoms with Crippen LogP contribution < -0.4 is 16.4 Å². The highest BCUT2D eigenvalue weighted by molar-refractivity contribution is 7.84. The Balaban J connectivity index is 1.64. The average Bonchev–Trinajstić information content (AvgIpc) is 3.44. The molecule has 4 N–H and O–H groups in total. The van der Waals surface area contributed by atoms with Gasteiger partial charge in [0.25, 0.3) is 0 Å². The molecule has 0 aliphatic heterocycles. The second-order valence-corrected chi connectivity index (χ2v) is 9.96. The van der Waals surface area contributed by atoms with Crippen molar-refractivity contribution in [2.75, 3.05) is 6.61 Å². The molecule has 3 aromatic rings. The van der Waals surface area contributed by atoms with E-state index in [1.807, 2.05) is 60.7 Å². The highest BCUT2D eigenvalue weighted by Gasteiger charge is 2.20. The molecule has 10 heteroatoms. The van der Waals surface area contributed by atoms with Crippen LogP contribution in [0.3, 0.4) is 0 Å². The van der Waals surface area contributed by atoms with Gasteiger partial charge in [-0.2, -0.15) is 0 Å². The fourth-order valence-electron chi connectivity index (χ4n) is 3.70. The fraction of sp³-hybridized carbons (Fsp3) is 0.296. The number of amides is 2. The first-order chi connectivity index (χ1) is 18.0. The number of hydrogen-bond acceptors (Lipinski definition) is 8. The van der Waals surface area contributed by atoms with E-state index in [1.54, 1.807) is 11.7 Å². The summed E-state index contributed by atoms with van der Waals surface area (Å²) in [5.74, 6) is 0. The number of aromatic nitrogens is 1. The first kappa shape index (κ1) is 28.1. The van der Waals surface area contributed by atoms with E-state index in [1.165, 1.54) is 17.5 Å². The SMILES string of the molecule is N/C=C(\S)COC(=O)NC(CCC(Cc1ccccc1)NC(=O)OCc1cncs1)Cc1ccccc1. The van der Waals surface area contributed by atoms with Gasteiger partial charge < -0.3 is 25.8 Å². The van der Waals surface area contributed by atoms with Crippen molar-refractivity contribution in [1.29, 1.82) is 0 Å². The third kappa shape index (κ3) is 11.0. The summed E-state index contributed by atoms with van der Waals surface area (Å²) in [6, 6.07) is 19.4. The van der Waals surface area contributed by atoms with E-state index in [2.05, 4.69) is 28.2 Å². The average molecular weight is 541 g/mol. The maximum absolute atomic E-state index is 12.6. The number of nitrogens with zero attached hydrogens (tertiary/aromatic N) is 1. The summed E-state index contributed by atoms with van der Waals surface area (Å²) >= 11 is 5.57. The van der Waals surface area contributed by atoms with Gasteiger partial charge in [0.1, 0.15) is 13.2 Å². The van der Waals surface area contributed by atoms with Crippen molar-refractivity contribution < 1.29 is 19.1 Å². The molecule has 0 radical (unpaired) electrons. The number of benzene rings is 2. The standard InChI is InChI=1S/C27H32N4O4S2/c28-15-24(36)17-34-26(32)30-22(13-20-7-3-1-4-8-20)11-12-23(14-21-9-5-2-6-10-21)31-27(33)35-18-25-16-29-19-37-25/h1-10,15-16,19,22-23,36H,11-14,17-18,28H2,(H,30,32)(H,31,33)/b24-15-. The highest BCUT2D eigenvalue weighted by atomic mass is 32.1. The van der Waals surface area contributed by atoms with Crippen molar-refractivity contribution in [2.45, 2.75) is 44.4 Å². The van der Waals surface area contributed by atoms with Crippen LogP contribution in [0.2, 0.25) is 0 Å². The van der Waals surface area contributed by atoms with Crippen LogP contribution in [0, 0.1) is 0 Å². The van der Waals surface area contributed by atoms with Crippen LogP contribution in [0.4, 0.5) is 9.59 Å². The Morgan fingerprint density at radius 1 is 0.919 bits per heavy atom. The van der Waals surface area contributed by atoms with Crippen molar-refractivity contribution in [3.05, 3.63) is 99.5 Å². The molecule has 0 aliphatic carbocycles. The molecule has 196 valence electrons. The summed E-state index contributed by atoms with van der Waals surface area (Å²) in [4.78, 5) is 30.3. The summed E-state index contributed by atoms with van der Waals surface area (Å²) in [5, 5.41) is 5.94. The molecule has 0 spiro atoms. The molecule has 1 aromatic heterocycles. The van der Waals surface area contributed by atoms with Crippen LogP contribution in [-0.4, -0.2) is 35.9 Å². The van der Waals surface area contributed by atoms with Gasteiger partial charge in [0.2, 0.25) is 0 Å². The van der Waals surface area contributed by atoms with Gasteiger partial charge >= 0.3 is 12.2 Å². The van der Waals surface area contributed by atoms with Crippen LogP contribution in [-0.2, 0) is 28.9 Å². The number of carbonyl (C=O) groups excluding carboxylic acids is 2. The van der Waals surface area contributed by atoms with Gasteiger partial charge in [-0.1, -0.05) is 60.7 Å². The molecule has 2 unspecified atom stereocenters. The number of nitrogens with two attached hydrogens (primary N) is 1. The van der Waals surface area contributed by atoms with Crippen molar-refractivity contribution in [2.24, 2.45) is 5.73 Å². The maximum Gasteiger partial charge on any atom is 0.407 e. The molecular formula is C27H32N4O4S2. The van der Waals surface area contributed by atoms with Crippen LogP contribution >= 0.6 is 24.0 Å². The van der Waals surface area contributed by atoms with Gasteiger partial charge in [-0.25, -0.2) is 9.59 Å². The van der Waals surface area contributed by atoms with Crippen molar-refractivity contribution >= 4 is 36.2 Å². The minimum absolute atomic E-state index is 0.00666. The molecule has 8 nitrogen and oxygen atoms in total. The predicted molar refractivity (Wildman–Crippen MR) is 148 cm³/mol. The molecule has 1 heterocycles. The second-order valence-electron chi connectivity index (χ2n) is 8.42. The van der Waals surface area contributed by atoms with E-state index >= 15 is 0 Å². The lowest BCUT2D eigenvalue weighted by Gasteiger charge is -2.23. The third-order valence-electron chi connectivity index (χ3n) is 5.53. The van der Waals surface area contributed by atoms with E-state index in [0.29, 0.717) is 30.6 Å². The van der Waals surface area contributed by atoms with Gasteiger partial charge in [-0.15, -0.1) is 24.0 Å². The lowest BCUT2D eigenvalue weighted by atomic mass is 9.96. The van der Waals surface area contributed by atoms with Gasteiger partial charge in [0.05, 0.1) is 10.4 Å². The number of carbonyl (C=O) groups is 2. The molecule has 0 saturated heterocycles. The molecule has 2 amide bonds. The summed E-state index contributed by atoms with van der Waals surface area (Å²) in [6.45, 7) is 0.163. The lowest BCUT2D eigenvalue weighted by molar-refractivity contribution is 0.135. The minimum Gasteiger partial charge on any atom is -0.444 e. The molecule has 0 aliphatic rings. The summed E-state index contributed by atoms with van der Waals surface area (Å²) < 4.78 is 10.6. The van der Waals surface area contributed by atoms with E-state index in [0.717, 1.165) is 16.0 Å². The monoisotopic (exact) mass is 540 g/mol. The number of nitrogens with one attached hydrogen (secondary N) is 2. The molecular weight excluding hydrogens is 508 g/mol. The lowest BCUT2D eigenvalue weighted by Crippen LogP contribution is -2.41. The normalized spacial score (nSPS) is 12.8. The Kier molecular flexibility index (Phi) is 11.8. The first-order valence-electron chi connectivity index (χ1n) is 11.9. The molecule has 3 rings (SSSR count). The van der Waals surface area contributed by atoms with Crippen LogP contribution in [0.25, 0.3) is 0 Å². The molecule has 2 atom stereocenters. The van der Waals surface area contributed by atoms with Crippen molar-refractivity contribution in [3.63, 3.8) is 0 Å². The smallest absolute Gasteiger partial charge is 0.407 e. The van der Waals surface area contributed by atoms with Gasteiger partial charge in [0.15, 0.2) is 0 Å². The predicted octanol–water partition coefficient (Wildman–Crippen LogP) is 4.83. The molecule has 0 fully saturated rings. The maximum atomic E-state index is 12.6. The fourth-order valence-corrected chi connectivity index (χ4v) is 4.27. The van der Waals surface area contributed by atoms with Crippen LogP contribution in [0.1, 0.15) is 28.8 Å². The zero-order valence-corrected chi connectivity index (χ0v) is 22.1. The third-order valence-corrected chi connectivity index (χ3v) is 6.56. The number of hydrogen-bond donors (Lipinski definition) is 4. The first-order valence-corrected chi connectivity index (χ1v) is 13.3. The zero-order chi connectivity index (χ0) is 26.3. The Morgan fingerprint density at radius 3 is 1.95 bits per heavy atom. The number of thiol groups is 1. The van der Waals surface area contributed by atoms with Gasteiger partial charge in [0, 0.05) is 29.4 Å². The summed E-state index contributed by atoms with van der Waals surface area (Å²) in [6.07, 6.45) is 4.39. The summed E-state index contributed by atoms with van der Waals surface area (Å²) in [7, 11) is 0. The summed E-state index contributed by atoms with van der Waals surface area (Å²) in [5.41, 5.74) is 9.27. The zero-order valence-electron chi connectivity index (χ0n) is 20.4. The minimum atomic E-state index is -0.550. The van der Waals surface area contributed by atoms with Gasteiger partial charge in [-0.05, 0) is 36.8 Å². The highest BCUT2D eigenvalue weighted by Crippen LogP contribution is 2.14.